The molecular weight excluding hydrogens is 386 g/mol. The van der Waals surface area contributed by atoms with Gasteiger partial charge in [0.25, 0.3) is 5.69 Å². The first-order chi connectivity index (χ1) is 14.1. The lowest BCUT2D eigenvalue weighted by atomic mass is 9.92. The molecule has 0 amide bonds. The molecule has 0 unspecified atom stereocenters. The fourth-order valence-corrected chi connectivity index (χ4v) is 4.75. The number of nitro benzene ring substituents is 1. The molecule has 2 heterocycles. The van der Waals surface area contributed by atoms with Crippen molar-refractivity contribution in [3.63, 3.8) is 0 Å². The quantitative estimate of drug-likeness (QED) is 0.380. The van der Waals surface area contributed by atoms with Crippen molar-refractivity contribution in [2.24, 2.45) is 0 Å². The second kappa shape index (κ2) is 6.72. The Morgan fingerprint density at radius 2 is 1.86 bits per heavy atom. The first-order valence-corrected chi connectivity index (χ1v) is 10.1. The predicted molar refractivity (Wildman–Crippen MR) is 112 cm³/mol. The van der Waals surface area contributed by atoms with Crippen LogP contribution in [0.5, 0.6) is 0 Å². The summed E-state index contributed by atoms with van der Waals surface area (Å²) in [4.78, 5) is 21.3. The number of fused-ring (bicyclic) bond motifs is 1. The van der Waals surface area contributed by atoms with Crippen LogP contribution in [0.3, 0.4) is 0 Å². The van der Waals surface area contributed by atoms with Gasteiger partial charge in [0.2, 0.25) is 0 Å². The number of pyridine rings is 1. The zero-order chi connectivity index (χ0) is 20.0. The summed E-state index contributed by atoms with van der Waals surface area (Å²) in [7, 11) is 0. The molecule has 1 aliphatic carbocycles. The summed E-state index contributed by atoms with van der Waals surface area (Å²) >= 11 is 1.36. The van der Waals surface area contributed by atoms with Crippen molar-refractivity contribution < 1.29 is 10.0 Å². The van der Waals surface area contributed by atoms with E-state index in [-0.39, 0.29) is 17.7 Å². The van der Waals surface area contributed by atoms with Crippen LogP contribution < -0.4 is 0 Å². The molecule has 0 saturated heterocycles. The molecule has 5 rings (SSSR count). The fourth-order valence-electron chi connectivity index (χ4n) is 3.78. The van der Waals surface area contributed by atoms with Crippen molar-refractivity contribution in [2.75, 3.05) is 0 Å². The molecule has 1 aliphatic rings. The Kier molecular flexibility index (Phi) is 4.15. The van der Waals surface area contributed by atoms with Gasteiger partial charge in [-0.05, 0) is 42.2 Å². The summed E-state index contributed by atoms with van der Waals surface area (Å²) in [6.45, 7) is -0.243. The fraction of sp³-hybridized carbons (Fsp3) is 0.182. The number of hydrogen-bond donors (Lipinski definition) is 1. The maximum Gasteiger partial charge on any atom is 0.279 e. The number of aliphatic hydroxyl groups is 1. The summed E-state index contributed by atoms with van der Waals surface area (Å²) in [6, 6.07) is 19.1. The minimum absolute atomic E-state index is 0.0334. The van der Waals surface area contributed by atoms with Crippen LogP contribution in [0.2, 0.25) is 0 Å². The molecule has 1 N–H and O–H groups in total. The van der Waals surface area contributed by atoms with Crippen LogP contribution in [0, 0.1) is 10.1 Å². The van der Waals surface area contributed by atoms with Gasteiger partial charge in [0.1, 0.15) is 15.4 Å². The number of benzene rings is 2. The van der Waals surface area contributed by atoms with Crippen molar-refractivity contribution in [1.29, 1.82) is 0 Å². The zero-order valence-corrected chi connectivity index (χ0v) is 16.2. The molecule has 2 aromatic heterocycles. The molecule has 2 aromatic carbocycles. The second-order valence-corrected chi connectivity index (χ2v) is 8.23. The van der Waals surface area contributed by atoms with Crippen LogP contribution in [-0.4, -0.2) is 20.0 Å². The molecule has 1 saturated carbocycles. The molecule has 0 atom stereocenters. The minimum atomic E-state index is -0.436. The van der Waals surface area contributed by atoms with E-state index in [0.29, 0.717) is 16.1 Å². The Bertz CT molecular complexity index is 1230. The third kappa shape index (κ3) is 2.99. The third-order valence-corrected chi connectivity index (χ3v) is 6.49. The van der Waals surface area contributed by atoms with Crippen LogP contribution >= 0.6 is 11.3 Å². The van der Waals surface area contributed by atoms with Gasteiger partial charge in [-0.15, -0.1) is 0 Å². The normalized spacial score (nSPS) is 14.8. The van der Waals surface area contributed by atoms with Gasteiger partial charge in [-0.1, -0.05) is 47.7 Å². The standard InChI is InChI=1S/C22H17N3O3S/c26-13-14-6-7-16(18(12-14)25(27)28)20-23-17-8-9-19(24-21(17)29-20)22(10-11-22)15-4-2-1-3-5-15/h1-9,12,26H,10-11,13H2. The molecule has 29 heavy (non-hydrogen) atoms. The van der Waals surface area contributed by atoms with E-state index in [4.69, 9.17) is 4.98 Å². The van der Waals surface area contributed by atoms with Crippen molar-refractivity contribution in [3.8, 4) is 10.6 Å². The van der Waals surface area contributed by atoms with Gasteiger partial charge in [-0.25, -0.2) is 9.97 Å². The predicted octanol–water partition coefficient (Wildman–Crippen LogP) is 4.84. The number of thiazole rings is 1. The van der Waals surface area contributed by atoms with Gasteiger partial charge < -0.3 is 5.11 Å². The Morgan fingerprint density at radius 3 is 2.55 bits per heavy atom. The van der Waals surface area contributed by atoms with E-state index >= 15 is 0 Å². The van der Waals surface area contributed by atoms with Gasteiger partial charge in [0, 0.05) is 11.5 Å². The average Bonchev–Trinajstić information content (AvgIpc) is 3.46. The van der Waals surface area contributed by atoms with Crippen LogP contribution in [0.25, 0.3) is 20.9 Å². The monoisotopic (exact) mass is 403 g/mol. The van der Waals surface area contributed by atoms with Gasteiger partial charge in [0.15, 0.2) is 0 Å². The van der Waals surface area contributed by atoms with Gasteiger partial charge in [-0.2, -0.15) is 0 Å². The van der Waals surface area contributed by atoms with Crippen molar-refractivity contribution in [2.45, 2.75) is 24.9 Å². The van der Waals surface area contributed by atoms with E-state index in [9.17, 15) is 15.2 Å². The van der Waals surface area contributed by atoms with E-state index in [1.54, 1.807) is 12.1 Å². The number of nitrogens with zero attached hydrogens (tertiary/aromatic N) is 3. The topological polar surface area (TPSA) is 89.2 Å². The van der Waals surface area contributed by atoms with Gasteiger partial charge >= 0.3 is 0 Å². The molecule has 1 fully saturated rings. The summed E-state index contributed by atoms with van der Waals surface area (Å²) in [6.07, 6.45) is 2.13. The minimum Gasteiger partial charge on any atom is -0.392 e. The first kappa shape index (κ1) is 17.9. The molecular formula is C22H17N3O3S. The molecule has 4 aromatic rings. The highest BCUT2D eigenvalue weighted by Crippen LogP contribution is 2.53. The Hall–Kier alpha value is -3.16. The van der Waals surface area contributed by atoms with E-state index in [0.717, 1.165) is 28.9 Å². The SMILES string of the molecule is O=[N+]([O-])c1cc(CO)ccc1-c1nc2ccc(C3(c4ccccc4)CC3)nc2s1. The van der Waals surface area contributed by atoms with Crippen LogP contribution in [0.4, 0.5) is 5.69 Å². The van der Waals surface area contributed by atoms with Crippen LogP contribution in [-0.2, 0) is 12.0 Å². The van der Waals surface area contributed by atoms with Crippen molar-refractivity contribution >= 4 is 27.4 Å². The molecule has 0 bridgehead atoms. The highest BCUT2D eigenvalue weighted by molar-refractivity contribution is 7.21. The van der Waals surface area contributed by atoms with Crippen LogP contribution in [0.1, 0.15) is 29.7 Å². The Morgan fingerprint density at radius 1 is 1.07 bits per heavy atom. The van der Waals surface area contributed by atoms with Crippen LogP contribution in [0.15, 0.2) is 60.7 Å². The maximum absolute atomic E-state index is 11.5. The molecule has 0 radical (unpaired) electrons. The number of hydrogen-bond acceptors (Lipinski definition) is 6. The summed E-state index contributed by atoms with van der Waals surface area (Å²) < 4.78 is 0. The number of aromatic nitrogens is 2. The van der Waals surface area contributed by atoms with Crippen molar-refractivity contribution in [3.05, 3.63) is 87.6 Å². The molecule has 7 heteroatoms. The zero-order valence-electron chi connectivity index (χ0n) is 15.4. The number of nitro groups is 1. The summed E-state index contributed by atoms with van der Waals surface area (Å²) in [5.74, 6) is 0. The number of aliphatic hydroxyl groups excluding tert-OH is 1. The van der Waals surface area contributed by atoms with Gasteiger partial charge in [-0.3, -0.25) is 10.1 Å². The van der Waals surface area contributed by atoms with E-state index in [1.165, 1.54) is 23.0 Å². The summed E-state index contributed by atoms with van der Waals surface area (Å²) in [5.41, 5.74) is 3.88. The van der Waals surface area contributed by atoms with Gasteiger partial charge in [0.05, 0.1) is 22.8 Å². The summed E-state index contributed by atoms with van der Waals surface area (Å²) in [5, 5.41) is 21.4. The number of rotatable bonds is 5. The highest BCUT2D eigenvalue weighted by Gasteiger charge is 2.47. The molecule has 0 spiro atoms. The average molecular weight is 403 g/mol. The maximum atomic E-state index is 11.5. The smallest absolute Gasteiger partial charge is 0.279 e. The molecule has 144 valence electrons. The second-order valence-electron chi connectivity index (χ2n) is 7.25. The third-order valence-electron chi connectivity index (χ3n) is 5.49. The lowest BCUT2D eigenvalue weighted by Gasteiger charge is -2.14. The van der Waals surface area contributed by atoms with Crippen molar-refractivity contribution in [1.82, 2.24) is 9.97 Å². The molecule has 0 aliphatic heterocycles. The lowest BCUT2D eigenvalue weighted by molar-refractivity contribution is -0.384. The van der Waals surface area contributed by atoms with E-state index in [2.05, 4.69) is 17.1 Å². The highest BCUT2D eigenvalue weighted by atomic mass is 32.1. The lowest BCUT2D eigenvalue weighted by Crippen LogP contribution is -2.10. The largest absolute Gasteiger partial charge is 0.392 e. The van der Waals surface area contributed by atoms with E-state index < -0.39 is 4.92 Å². The first-order valence-electron chi connectivity index (χ1n) is 9.33. The van der Waals surface area contributed by atoms with E-state index in [1.807, 2.05) is 30.3 Å². The Labute approximate surface area is 170 Å². The Balaban J connectivity index is 1.59. The molecule has 6 nitrogen and oxygen atoms in total.